The molecule has 0 aromatic heterocycles. The van der Waals surface area contributed by atoms with Crippen LogP contribution >= 0.6 is 0 Å². The second-order valence-corrected chi connectivity index (χ2v) is 3.18. The minimum atomic E-state index is 0.222. The van der Waals surface area contributed by atoms with E-state index in [4.69, 9.17) is 5.11 Å². The lowest BCUT2D eigenvalue weighted by Crippen LogP contribution is -1.98. The van der Waals surface area contributed by atoms with Crippen LogP contribution in [0.25, 0.3) is 0 Å². The molecule has 0 heterocycles. The monoisotopic (exact) mass is 148 g/mol. The summed E-state index contributed by atoms with van der Waals surface area (Å²) < 4.78 is 0. The van der Waals surface area contributed by atoms with Crippen LogP contribution in [0, 0.1) is 11.8 Å². The SMILES string of the molecule is OCC1=CC2C=CC=CC1C2. The second kappa shape index (κ2) is 2.67. The Hall–Kier alpha value is -0.820. The van der Waals surface area contributed by atoms with Crippen LogP contribution in [-0.4, -0.2) is 11.7 Å². The molecular weight excluding hydrogens is 136 g/mol. The van der Waals surface area contributed by atoms with E-state index in [9.17, 15) is 0 Å². The molecule has 58 valence electrons. The van der Waals surface area contributed by atoms with E-state index in [1.807, 2.05) is 0 Å². The molecule has 2 unspecified atom stereocenters. The quantitative estimate of drug-likeness (QED) is 0.561. The molecule has 0 saturated heterocycles. The molecule has 1 heteroatoms. The molecule has 2 rings (SSSR count). The first-order valence-corrected chi connectivity index (χ1v) is 4.06. The zero-order chi connectivity index (χ0) is 7.68. The highest BCUT2D eigenvalue weighted by atomic mass is 16.3. The smallest absolute Gasteiger partial charge is 0.0647 e. The molecule has 0 amide bonds. The highest BCUT2D eigenvalue weighted by Crippen LogP contribution is 2.33. The third-order valence-electron chi connectivity index (χ3n) is 2.43. The van der Waals surface area contributed by atoms with E-state index in [1.54, 1.807) is 0 Å². The number of aliphatic hydroxyl groups excluding tert-OH is 1. The van der Waals surface area contributed by atoms with Crippen LogP contribution in [0.15, 0.2) is 36.0 Å². The largest absolute Gasteiger partial charge is 0.392 e. The third kappa shape index (κ3) is 1.16. The summed E-state index contributed by atoms with van der Waals surface area (Å²) in [7, 11) is 0. The zero-order valence-electron chi connectivity index (χ0n) is 6.40. The maximum atomic E-state index is 8.98. The molecule has 0 radical (unpaired) electrons. The molecule has 0 spiro atoms. The van der Waals surface area contributed by atoms with Gasteiger partial charge in [0.2, 0.25) is 0 Å². The number of allylic oxidation sites excluding steroid dienone is 5. The van der Waals surface area contributed by atoms with Crippen molar-refractivity contribution in [3.8, 4) is 0 Å². The Bertz CT molecular complexity index is 235. The maximum absolute atomic E-state index is 8.98. The summed E-state index contributed by atoms with van der Waals surface area (Å²) in [6, 6.07) is 0. The van der Waals surface area contributed by atoms with Crippen molar-refractivity contribution >= 4 is 0 Å². The topological polar surface area (TPSA) is 20.2 Å². The molecule has 0 fully saturated rings. The molecule has 0 aromatic rings. The van der Waals surface area contributed by atoms with Crippen LogP contribution in [0.3, 0.4) is 0 Å². The van der Waals surface area contributed by atoms with Crippen molar-refractivity contribution in [1.82, 2.24) is 0 Å². The Morgan fingerprint density at radius 1 is 1.36 bits per heavy atom. The molecular formula is C10H12O. The van der Waals surface area contributed by atoms with E-state index in [-0.39, 0.29) is 6.61 Å². The minimum Gasteiger partial charge on any atom is -0.392 e. The van der Waals surface area contributed by atoms with Gasteiger partial charge in [-0.2, -0.15) is 0 Å². The first-order valence-electron chi connectivity index (χ1n) is 4.06. The van der Waals surface area contributed by atoms with Gasteiger partial charge in [-0.3, -0.25) is 0 Å². The first kappa shape index (κ1) is 6.86. The number of rotatable bonds is 1. The molecule has 1 N–H and O–H groups in total. The van der Waals surface area contributed by atoms with Gasteiger partial charge >= 0.3 is 0 Å². The van der Waals surface area contributed by atoms with Gasteiger partial charge in [0.05, 0.1) is 6.61 Å². The average molecular weight is 148 g/mol. The van der Waals surface area contributed by atoms with E-state index < -0.39 is 0 Å². The van der Waals surface area contributed by atoms with Crippen molar-refractivity contribution in [2.24, 2.45) is 11.8 Å². The minimum absolute atomic E-state index is 0.222. The van der Waals surface area contributed by atoms with Crippen molar-refractivity contribution < 1.29 is 5.11 Å². The number of hydrogen-bond donors (Lipinski definition) is 1. The maximum Gasteiger partial charge on any atom is 0.0647 e. The van der Waals surface area contributed by atoms with E-state index in [1.165, 1.54) is 5.57 Å². The van der Waals surface area contributed by atoms with Crippen molar-refractivity contribution in [2.75, 3.05) is 6.61 Å². The van der Waals surface area contributed by atoms with Crippen LogP contribution in [-0.2, 0) is 0 Å². The van der Waals surface area contributed by atoms with Gasteiger partial charge in [0.25, 0.3) is 0 Å². The van der Waals surface area contributed by atoms with Crippen LogP contribution < -0.4 is 0 Å². The molecule has 1 nitrogen and oxygen atoms in total. The molecule has 2 aliphatic rings. The lowest BCUT2D eigenvalue weighted by atomic mass is 10.0. The van der Waals surface area contributed by atoms with Gasteiger partial charge in [-0.1, -0.05) is 30.4 Å². The Labute approximate surface area is 66.7 Å². The normalized spacial score (nSPS) is 33.7. The van der Waals surface area contributed by atoms with Gasteiger partial charge in [-0.15, -0.1) is 0 Å². The highest BCUT2D eigenvalue weighted by molar-refractivity contribution is 5.29. The van der Waals surface area contributed by atoms with E-state index in [0.29, 0.717) is 11.8 Å². The highest BCUT2D eigenvalue weighted by Gasteiger charge is 2.22. The predicted octanol–water partition coefficient (Wildman–Crippen LogP) is 1.67. The number of hydrogen-bond acceptors (Lipinski definition) is 1. The van der Waals surface area contributed by atoms with Crippen LogP contribution in [0.5, 0.6) is 0 Å². The van der Waals surface area contributed by atoms with Gasteiger partial charge in [0.15, 0.2) is 0 Å². The van der Waals surface area contributed by atoms with Gasteiger partial charge < -0.3 is 5.11 Å². The van der Waals surface area contributed by atoms with Crippen molar-refractivity contribution in [2.45, 2.75) is 6.42 Å². The fraction of sp³-hybridized carbons (Fsp3) is 0.400. The Kier molecular flexibility index (Phi) is 1.66. The van der Waals surface area contributed by atoms with Gasteiger partial charge in [-0.25, -0.2) is 0 Å². The molecule has 2 atom stereocenters. The number of fused-ring (bicyclic) bond motifs is 2. The summed E-state index contributed by atoms with van der Waals surface area (Å²) in [4.78, 5) is 0. The fourth-order valence-electron chi connectivity index (χ4n) is 1.82. The number of aliphatic hydroxyl groups is 1. The molecule has 11 heavy (non-hydrogen) atoms. The average Bonchev–Trinajstić information content (AvgIpc) is 2.22. The summed E-state index contributed by atoms with van der Waals surface area (Å²) in [6.45, 7) is 0.222. The van der Waals surface area contributed by atoms with E-state index in [2.05, 4.69) is 30.4 Å². The Morgan fingerprint density at radius 2 is 2.18 bits per heavy atom. The second-order valence-electron chi connectivity index (χ2n) is 3.18. The van der Waals surface area contributed by atoms with Gasteiger partial charge in [0.1, 0.15) is 0 Å². The van der Waals surface area contributed by atoms with E-state index >= 15 is 0 Å². The molecule has 0 aliphatic heterocycles. The van der Waals surface area contributed by atoms with Crippen LogP contribution in [0.4, 0.5) is 0 Å². The van der Waals surface area contributed by atoms with Gasteiger partial charge in [0, 0.05) is 5.92 Å². The van der Waals surface area contributed by atoms with Crippen molar-refractivity contribution in [1.29, 1.82) is 0 Å². The van der Waals surface area contributed by atoms with E-state index in [0.717, 1.165) is 6.42 Å². The first-order chi connectivity index (χ1) is 5.40. The fourth-order valence-corrected chi connectivity index (χ4v) is 1.82. The lowest BCUT2D eigenvalue weighted by Gasteiger charge is -2.05. The molecule has 0 aromatic carbocycles. The van der Waals surface area contributed by atoms with Gasteiger partial charge in [-0.05, 0) is 17.9 Å². The van der Waals surface area contributed by atoms with Crippen molar-refractivity contribution in [3.63, 3.8) is 0 Å². The standard InChI is InChI=1S/C10H12O/c11-7-10-6-8-3-1-2-4-9(10)5-8/h1-4,6,8-9,11H,5,7H2. The predicted molar refractivity (Wildman–Crippen MR) is 45.0 cm³/mol. The Balaban J connectivity index is 2.27. The molecule has 0 saturated carbocycles. The Morgan fingerprint density at radius 3 is 3.00 bits per heavy atom. The summed E-state index contributed by atoms with van der Waals surface area (Å²) >= 11 is 0. The summed E-state index contributed by atoms with van der Waals surface area (Å²) in [5.41, 5.74) is 1.19. The van der Waals surface area contributed by atoms with Crippen LogP contribution in [0.2, 0.25) is 0 Å². The van der Waals surface area contributed by atoms with Crippen molar-refractivity contribution in [3.05, 3.63) is 36.0 Å². The lowest BCUT2D eigenvalue weighted by molar-refractivity contribution is 0.322. The summed E-state index contributed by atoms with van der Waals surface area (Å²) in [5.74, 6) is 1.07. The molecule has 2 aliphatic carbocycles. The zero-order valence-corrected chi connectivity index (χ0v) is 6.40. The third-order valence-corrected chi connectivity index (χ3v) is 2.43. The summed E-state index contributed by atoms with van der Waals surface area (Å²) in [6.07, 6.45) is 11.9. The summed E-state index contributed by atoms with van der Waals surface area (Å²) in [5, 5.41) is 8.98. The van der Waals surface area contributed by atoms with Crippen LogP contribution in [0.1, 0.15) is 6.42 Å². The molecule has 2 bridgehead atoms.